The number of hydrogen-bond acceptors (Lipinski definition) is 3. The van der Waals surface area contributed by atoms with Gasteiger partial charge < -0.3 is 14.5 Å². The van der Waals surface area contributed by atoms with Crippen LogP contribution in [-0.4, -0.2) is 10.8 Å². The molecule has 0 amide bonds. The van der Waals surface area contributed by atoms with Crippen LogP contribution in [0.4, 0.5) is 22.0 Å². The first kappa shape index (κ1) is 20.7. The van der Waals surface area contributed by atoms with Crippen molar-refractivity contribution >= 4 is 22.8 Å². The fraction of sp³-hybridized carbons (Fsp3) is 0.0417. The maximum Gasteiger partial charge on any atom is 0.231 e. The highest BCUT2D eigenvalue weighted by molar-refractivity contribution is 6.15. The smallest absolute Gasteiger partial charge is 0.231 e. The molecule has 0 aliphatic carbocycles. The third-order valence-electron chi connectivity index (χ3n) is 5.23. The van der Waals surface area contributed by atoms with Gasteiger partial charge in [0, 0.05) is 28.7 Å². The van der Waals surface area contributed by atoms with Crippen molar-refractivity contribution in [2.24, 2.45) is 0 Å². The summed E-state index contributed by atoms with van der Waals surface area (Å²) in [5.41, 5.74) is 0.758. The summed E-state index contributed by atoms with van der Waals surface area (Å²) in [6.45, 7) is -0.920. The molecule has 0 bridgehead atoms. The lowest BCUT2D eigenvalue weighted by Gasteiger charge is -2.10. The Hall–Kier alpha value is -4.14. The maximum absolute atomic E-state index is 13.8. The number of halogens is 5. The molecule has 0 unspecified atom stereocenters. The quantitative estimate of drug-likeness (QED) is 0.176. The summed E-state index contributed by atoms with van der Waals surface area (Å²) in [7, 11) is 0. The topological polar surface area (TPSA) is 51.3 Å². The number of ketones is 1. The van der Waals surface area contributed by atoms with Crippen molar-refractivity contribution in [3.63, 3.8) is 0 Å². The number of benzene rings is 3. The van der Waals surface area contributed by atoms with Gasteiger partial charge in [0.15, 0.2) is 29.0 Å². The van der Waals surface area contributed by atoms with E-state index in [4.69, 9.17) is 9.47 Å². The van der Waals surface area contributed by atoms with E-state index in [1.165, 1.54) is 18.2 Å². The molecule has 0 spiro atoms. The molecule has 5 rings (SSSR count). The van der Waals surface area contributed by atoms with E-state index >= 15 is 0 Å². The second-order valence-electron chi connectivity index (χ2n) is 7.22. The predicted octanol–water partition coefficient (Wildman–Crippen LogP) is 6.06. The molecular weight excluding hydrogens is 445 g/mol. The van der Waals surface area contributed by atoms with E-state index in [2.05, 4.69) is 4.98 Å². The fourth-order valence-corrected chi connectivity index (χ4v) is 3.54. The molecule has 2 heterocycles. The number of hydrogen-bond donors (Lipinski definition) is 1. The Balaban J connectivity index is 1.39. The third-order valence-corrected chi connectivity index (χ3v) is 5.23. The van der Waals surface area contributed by atoms with E-state index in [0.717, 1.165) is 16.5 Å². The first-order valence-electron chi connectivity index (χ1n) is 9.62. The molecule has 1 aliphatic heterocycles. The van der Waals surface area contributed by atoms with Gasteiger partial charge in [-0.05, 0) is 24.3 Å². The Morgan fingerprint density at radius 2 is 1.61 bits per heavy atom. The van der Waals surface area contributed by atoms with Crippen molar-refractivity contribution in [3.05, 3.63) is 100 Å². The van der Waals surface area contributed by atoms with Crippen LogP contribution in [0.5, 0.6) is 11.5 Å². The molecular formula is C24H12F5NO3. The van der Waals surface area contributed by atoms with Gasteiger partial charge in [0.25, 0.3) is 0 Å². The van der Waals surface area contributed by atoms with Gasteiger partial charge in [0.05, 0.1) is 11.1 Å². The highest BCUT2D eigenvalue weighted by atomic mass is 19.2. The zero-order chi connectivity index (χ0) is 23.3. The molecule has 3 aromatic carbocycles. The van der Waals surface area contributed by atoms with Crippen LogP contribution in [0, 0.1) is 29.1 Å². The fourth-order valence-electron chi connectivity index (χ4n) is 3.54. The normalized spacial score (nSPS) is 14.1. The summed E-state index contributed by atoms with van der Waals surface area (Å²) in [5, 5.41) is 0.893. The van der Waals surface area contributed by atoms with Crippen LogP contribution >= 0.6 is 0 Å². The van der Waals surface area contributed by atoms with E-state index in [-0.39, 0.29) is 28.6 Å². The Kier molecular flexibility index (Phi) is 4.88. The van der Waals surface area contributed by atoms with Gasteiger partial charge in [-0.2, -0.15) is 0 Å². The van der Waals surface area contributed by atoms with Crippen LogP contribution in [0.3, 0.4) is 0 Å². The highest BCUT2D eigenvalue weighted by Gasteiger charge is 2.29. The largest absolute Gasteiger partial charge is 0.489 e. The first-order valence-corrected chi connectivity index (χ1v) is 9.62. The van der Waals surface area contributed by atoms with Gasteiger partial charge in [-0.3, -0.25) is 4.79 Å². The van der Waals surface area contributed by atoms with E-state index in [9.17, 15) is 26.7 Å². The molecule has 1 N–H and O–H groups in total. The van der Waals surface area contributed by atoms with Crippen molar-refractivity contribution in [2.45, 2.75) is 6.61 Å². The van der Waals surface area contributed by atoms with Gasteiger partial charge in [0.2, 0.25) is 11.6 Å². The number of fused-ring (bicyclic) bond motifs is 2. The molecule has 4 aromatic rings. The van der Waals surface area contributed by atoms with E-state index < -0.39 is 41.3 Å². The number of carbonyl (C=O) groups excluding carboxylic acids is 1. The van der Waals surface area contributed by atoms with Crippen LogP contribution in [0.2, 0.25) is 0 Å². The van der Waals surface area contributed by atoms with Crippen molar-refractivity contribution in [1.29, 1.82) is 0 Å². The number of para-hydroxylation sites is 1. The summed E-state index contributed by atoms with van der Waals surface area (Å²) in [4.78, 5) is 15.8. The Morgan fingerprint density at radius 1 is 0.909 bits per heavy atom. The molecule has 4 nitrogen and oxygen atoms in total. The number of H-pyrrole nitrogens is 1. The minimum Gasteiger partial charge on any atom is -0.489 e. The lowest BCUT2D eigenvalue weighted by molar-refractivity contribution is 0.101. The van der Waals surface area contributed by atoms with Gasteiger partial charge in [-0.1, -0.05) is 18.2 Å². The summed E-state index contributed by atoms with van der Waals surface area (Å²) in [6.07, 6.45) is 3.31. The summed E-state index contributed by atoms with van der Waals surface area (Å²) >= 11 is 0. The number of nitrogens with one attached hydrogen (secondary N) is 1. The summed E-state index contributed by atoms with van der Waals surface area (Å²) < 4.78 is 78.4. The molecule has 0 fully saturated rings. The molecule has 166 valence electrons. The van der Waals surface area contributed by atoms with Gasteiger partial charge >= 0.3 is 0 Å². The molecule has 9 heteroatoms. The van der Waals surface area contributed by atoms with Gasteiger partial charge in [0.1, 0.15) is 18.1 Å². The van der Waals surface area contributed by atoms with E-state index in [0.29, 0.717) is 0 Å². The number of allylic oxidation sites excluding steroid dienone is 1. The number of carbonyl (C=O) groups is 1. The number of rotatable bonds is 4. The molecule has 0 saturated heterocycles. The minimum atomic E-state index is -2.24. The van der Waals surface area contributed by atoms with Crippen molar-refractivity contribution < 1.29 is 36.2 Å². The van der Waals surface area contributed by atoms with Crippen molar-refractivity contribution in [3.8, 4) is 11.5 Å². The SMILES string of the molecule is O=C1C(=Cc2c[nH]c3ccccc23)Oc2cc(OCc3c(F)c(F)c(F)c(F)c3F)ccc21. The molecule has 1 aromatic heterocycles. The average molecular weight is 457 g/mol. The zero-order valence-corrected chi connectivity index (χ0v) is 16.5. The van der Waals surface area contributed by atoms with Crippen LogP contribution in [0.1, 0.15) is 21.5 Å². The summed E-state index contributed by atoms with van der Waals surface area (Å²) in [5.74, 6) is -10.4. The van der Waals surface area contributed by atoms with Crippen molar-refractivity contribution in [2.75, 3.05) is 0 Å². The standard InChI is InChI=1S/C24H12F5NO3/c25-19-15(20(26)22(28)23(29)21(19)27)10-32-12-5-6-14-17(8-12)33-18(24(14)31)7-11-9-30-16-4-2-1-3-13(11)16/h1-9,30H,10H2. The Labute approximate surface area is 182 Å². The second kappa shape index (κ2) is 7.77. The molecule has 1 aliphatic rings. The van der Waals surface area contributed by atoms with E-state index in [1.54, 1.807) is 12.3 Å². The average Bonchev–Trinajstić information content (AvgIpc) is 3.37. The molecule has 0 atom stereocenters. The second-order valence-corrected chi connectivity index (χ2v) is 7.22. The minimum absolute atomic E-state index is 0.0128. The molecule has 0 radical (unpaired) electrons. The molecule has 33 heavy (non-hydrogen) atoms. The number of ether oxygens (including phenoxy) is 2. The first-order chi connectivity index (χ1) is 15.8. The van der Waals surface area contributed by atoms with Crippen molar-refractivity contribution in [1.82, 2.24) is 4.98 Å². The van der Waals surface area contributed by atoms with E-state index in [1.807, 2.05) is 24.3 Å². The lowest BCUT2D eigenvalue weighted by Crippen LogP contribution is -2.09. The molecule has 0 saturated carbocycles. The summed E-state index contributed by atoms with van der Waals surface area (Å²) in [6, 6.07) is 11.5. The Morgan fingerprint density at radius 3 is 2.36 bits per heavy atom. The van der Waals surface area contributed by atoms with Gasteiger partial charge in [-0.15, -0.1) is 0 Å². The Bertz CT molecular complexity index is 1450. The van der Waals surface area contributed by atoms with Crippen LogP contribution in [0.15, 0.2) is 54.4 Å². The van der Waals surface area contributed by atoms with Crippen LogP contribution in [-0.2, 0) is 6.61 Å². The predicted molar refractivity (Wildman–Crippen MR) is 108 cm³/mol. The van der Waals surface area contributed by atoms with Crippen LogP contribution < -0.4 is 9.47 Å². The number of aromatic nitrogens is 1. The third kappa shape index (κ3) is 3.42. The van der Waals surface area contributed by atoms with Crippen LogP contribution in [0.25, 0.3) is 17.0 Å². The highest BCUT2D eigenvalue weighted by Crippen LogP contribution is 2.36. The van der Waals surface area contributed by atoms with Gasteiger partial charge in [-0.25, -0.2) is 22.0 Å². The number of aromatic amines is 1. The maximum atomic E-state index is 13.8. The number of Topliss-reactive ketones (excluding diaryl/α,β-unsaturated/α-hetero) is 1. The zero-order valence-electron chi connectivity index (χ0n) is 16.5. The monoisotopic (exact) mass is 457 g/mol. The lowest BCUT2D eigenvalue weighted by atomic mass is 10.1.